The number of benzene rings is 16. The average molecular weight is 1720 g/mol. The van der Waals surface area contributed by atoms with Gasteiger partial charge in [0.1, 0.15) is 0 Å². The number of hydrogen-bond donors (Lipinski definition) is 0. The molecule has 16 rings (SSSR count). The van der Waals surface area contributed by atoms with Crippen LogP contribution in [0.15, 0.2) is 340 Å². The zero-order valence-corrected chi connectivity index (χ0v) is 63.8. The zero-order valence-electron chi connectivity index (χ0n) is 60.1. The molecule has 16 aromatic rings. The predicted octanol–water partition coefficient (Wildman–Crippen LogP) is 11.6. The molecular formula is C96H56Cu4O16. The quantitative estimate of drug-likeness (QED) is 0.0811. The Morgan fingerprint density at radius 1 is 0.129 bits per heavy atom. The molecule has 20 heteroatoms. The molecule has 4 radical (unpaired) electrons. The smallest absolute Gasteiger partial charge is 0.545 e. The number of aromatic carboxylic acids is 8. The SMILES string of the molecule is O=C([O-])c1cccc(-c2ccc3ccc(-c4cccc(C(=O)[O-])c4)cc3c2)c1.O=C([O-])c1cccc(-c2ccc3ccc(-c4cccc(C(=O)[O-])c4)cc3c2)c1.O=C([O-])c1cccc(-c2ccc3ccc(-c4cccc(C(=O)[O-])c4)cc3c2)c1.O=C([O-])c1cccc(-c2ccc3ccc(-c4cccc(C(=O)[O-])c4)cc3c2)c1.[Cu+2].[Cu+2].[Cu+2].[Cu+2]. The van der Waals surface area contributed by atoms with Crippen molar-refractivity contribution in [2.45, 2.75) is 0 Å². The second kappa shape index (κ2) is 38.8. The van der Waals surface area contributed by atoms with Crippen molar-refractivity contribution in [3.63, 3.8) is 0 Å². The average Bonchev–Trinajstić information content (AvgIpc) is 0.810. The minimum atomic E-state index is -1.21. The molecule has 0 amide bonds. The molecule has 0 bridgehead atoms. The van der Waals surface area contributed by atoms with Crippen LogP contribution in [-0.2, 0) is 68.3 Å². The topological polar surface area (TPSA) is 321 Å². The Balaban J connectivity index is 0.000000175. The van der Waals surface area contributed by atoms with E-state index >= 15 is 0 Å². The molecule has 0 saturated carbocycles. The normalized spacial score (nSPS) is 10.3. The number of carbonyl (C=O) groups excluding carboxylic acids is 8. The summed E-state index contributed by atoms with van der Waals surface area (Å²) in [5, 5.41) is 96.9. The Kier molecular flexibility index (Phi) is 28.9. The Bertz CT molecular complexity index is 5330. The monoisotopic (exact) mass is 1720 g/mol. The molecule has 116 heavy (non-hydrogen) atoms. The first-order chi connectivity index (χ1) is 54.0. The molecule has 580 valence electrons. The Morgan fingerprint density at radius 2 is 0.233 bits per heavy atom. The van der Waals surface area contributed by atoms with Gasteiger partial charge in [-0.15, -0.1) is 0 Å². The van der Waals surface area contributed by atoms with Crippen molar-refractivity contribution in [1.82, 2.24) is 0 Å². The summed E-state index contributed by atoms with van der Waals surface area (Å²) in [7, 11) is 0. The van der Waals surface area contributed by atoms with Gasteiger partial charge in [0.25, 0.3) is 0 Å². The molecule has 0 fully saturated rings. The summed E-state index contributed by atoms with van der Waals surface area (Å²) in [6.45, 7) is 0. The van der Waals surface area contributed by atoms with E-state index in [1.807, 2.05) is 194 Å². The van der Waals surface area contributed by atoms with E-state index in [9.17, 15) is 79.2 Å². The van der Waals surface area contributed by atoms with Crippen LogP contribution in [0.1, 0.15) is 82.9 Å². The number of rotatable bonds is 16. The van der Waals surface area contributed by atoms with E-state index in [0.29, 0.717) is 0 Å². The third kappa shape index (κ3) is 20.8. The summed E-state index contributed by atoms with van der Waals surface area (Å²) in [6.07, 6.45) is 0. The first-order valence-electron chi connectivity index (χ1n) is 34.7. The maximum absolute atomic E-state index is 11.1. The molecule has 0 heterocycles. The molecule has 0 N–H and O–H groups in total. The van der Waals surface area contributed by atoms with E-state index in [4.69, 9.17) is 0 Å². The Morgan fingerprint density at radius 3 is 0.336 bits per heavy atom. The summed E-state index contributed by atoms with van der Waals surface area (Å²) in [4.78, 5) is 88.9. The van der Waals surface area contributed by atoms with Gasteiger partial charge in [-0.1, -0.05) is 243 Å². The zero-order chi connectivity index (χ0) is 78.7. The van der Waals surface area contributed by atoms with Crippen molar-refractivity contribution in [3.05, 3.63) is 384 Å². The summed E-state index contributed by atoms with van der Waals surface area (Å²) >= 11 is 0. The standard InChI is InChI=1S/4C24H16O4.4Cu/c4*25-23(26)20-5-1-3-16(11-20)18-9-7-15-8-10-19(14-22(15)13-18)17-4-2-6-21(12-17)24(27)28;;;;/h4*1-14H,(H,25,26)(H,27,28);;;;/q;;;;4*+2/p-8. The Labute approximate surface area is 706 Å². The van der Waals surface area contributed by atoms with Crippen molar-refractivity contribution in [1.29, 1.82) is 0 Å². The van der Waals surface area contributed by atoms with Crippen LogP contribution in [0.4, 0.5) is 0 Å². The van der Waals surface area contributed by atoms with Crippen LogP contribution in [0.3, 0.4) is 0 Å². The van der Waals surface area contributed by atoms with Crippen LogP contribution in [0.2, 0.25) is 0 Å². The van der Waals surface area contributed by atoms with Gasteiger partial charge in [-0.2, -0.15) is 0 Å². The van der Waals surface area contributed by atoms with Gasteiger partial charge < -0.3 is 79.2 Å². The van der Waals surface area contributed by atoms with E-state index in [1.165, 1.54) is 48.5 Å². The van der Waals surface area contributed by atoms with Gasteiger partial charge in [0, 0.05) is 0 Å². The first kappa shape index (κ1) is 86.4. The molecular weight excluding hydrogens is 1660 g/mol. The summed E-state index contributed by atoms with van der Waals surface area (Å²) in [5.74, 6) is -9.68. The van der Waals surface area contributed by atoms with Gasteiger partial charge in [-0.05, 0) is 274 Å². The summed E-state index contributed by atoms with van der Waals surface area (Å²) in [5.41, 5.74) is 14.4. The fraction of sp³-hybridized carbons (Fsp3) is 0. The maximum Gasteiger partial charge on any atom is 2.00 e. The molecule has 0 aliphatic heterocycles. The van der Waals surface area contributed by atoms with Crippen LogP contribution < -0.4 is 40.9 Å². The molecule has 16 aromatic carbocycles. The molecule has 0 aromatic heterocycles. The van der Waals surface area contributed by atoms with Crippen LogP contribution >= 0.6 is 0 Å². The van der Waals surface area contributed by atoms with E-state index in [-0.39, 0.29) is 113 Å². The fourth-order valence-corrected chi connectivity index (χ4v) is 13.0. The van der Waals surface area contributed by atoms with Crippen molar-refractivity contribution < 1.29 is 147 Å². The number of carbonyl (C=O) groups is 8. The van der Waals surface area contributed by atoms with Crippen LogP contribution in [-0.4, -0.2) is 47.8 Å². The predicted molar refractivity (Wildman–Crippen MR) is 414 cm³/mol. The first-order valence-corrected chi connectivity index (χ1v) is 34.7. The van der Waals surface area contributed by atoms with Crippen LogP contribution in [0.5, 0.6) is 0 Å². The van der Waals surface area contributed by atoms with Crippen LogP contribution in [0.25, 0.3) is 132 Å². The largest absolute Gasteiger partial charge is 2.00 e. The van der Waals surface area contributed by atoms with Crippen molar-refractivity contribution in [2.24, 2.45) is 0 Å². The summed E-state index contributed by atoms with van der Waals surface area (Å²) < 4.78 is 0. The molecule has 0 atom stereocenters. The summed E-state index contributed by atoms with van der Waals surface area (Å²) in [6, 6.07) is 100. The van der Waals surface area contributed by atoms with Gasteiger partial charge >= 0.3 is 68.3 Å². The maximum atomic E-state index is 11.1. The van der Waals surface area contributed by atoms with E-state index in [1.54, 1.807) is 97.1 Å². The van der Waals surface area contributed by atoms with E-state index in [0.717, 1.165) is 132 Å². The van der Waals surface area contributed by atoms with E-state index in [2.05, 4.69) is 0 Å². The molecule has 0 aliphatic carbocycles. The number of carboxylic acid groups (broad SMARTS) is 8. The van der Waals surface area contributed by atoms with Gasteiger partial charge in [-0.3, -0.25) is 0 Å². The third-order valence-electron chi connectivity index (χ3n) is 18.8. The minimum absolute atomic E-state index is 0. The van der Waals surface area contributed by atoms with E-state index < -0.39 is 47.8 Å². The minimum Gasteiger partial charge on any atom is -0.545 e. The van der Waals surface area contributed by atoms with Crippen molar-refractivity contribution in [3.8, 4) is 89.0 Å². The number of carboxylic acids is 8. The van der Waals surface area contributed by atoms with Gasteiger partial charge in [0.15, 0.2) is 0 Å². The molecule has 0 spiro atoms. The Hall–Kier alpha value is -13.6. The molecule has 0 unspecified atom stereocenters. The molecule has 0 aliphatic rings. The van der Waals surface area contributed by atoms with Gasteiger partial charge in [0.2, 0.25) is 0 Å². The number of fused-ring (bicyclic) bond motifs is 4. The van der Waals surface area contributed by atoms with Crippen molar-refractivity contribution in [2.75, 3.05) is 0 Å². The molecule has 16 nitrogen and oxygen atoms in total. The van der Waals surface area contributed by atoms with Gasteiger partial charge in [-0.25, -0.2) is 0 Å². The van der Waals surface area contributed by atoms with Gasteiger partial charge in [0.05, 0.1) is 47.8 Å². The third-order valence-corrected chi connectivity index (χ3v) is 18.8. The second-order valence-corrected chi connectivity index (χ2v) is 26.1. The second-order valence-electron chi connectivity index (χ2n) is 26.1. The van der Waals surface area contributed by atoms with Crippen molar-refractivity contribution >= 4 is 90.8 Å². The van der Waals surface area contributed by atoms with Crippen LogP contribution in [0, 0.1) is 0 Å². The molecule has 0 saturated heterocycles. The fourth-order valence-electron chi connectivity index (χ4n) is 13.0. The number of hydrogen-bond acceptors (Lipinski definition) is 16.